The van der Waals surface area contributed by atoms with E-state index in [4.69, 9.17) is 4.74 Å². The molecule has 2 rings (SSSR count). The third kappa shape index (κ3) is 2.88. The van der Waals surface area contributed by atoms with Gasteiger partial charge in [0.15, 0.2) is 0 Å². The monoisotopic (exact) mass is 331 g/mol. The number of nitrogens with zero attached hydrogens (tertiary/aromatic N) is 1. The van der Waals surface area contributed by atoms with Gasteiger partial charge in [-0.3, -0.25) is 0 Å². The van der Waals surface area contributed by atoms with Gasteiger partial charge in [0.2, 0.25) is 0 Å². The molecule has 1 aromatic rings. The number of carbonyl (C=O) groups excluding carboxylic acids is 1. The van der Waals surface area contributed by atoms with Crippen molar-refractivity contribution >= 4 is 33.4 Å². The van der Waals surface area contributed by atoms with Gasteiger partial charge in [-0.2, -0.15) is 0 Å². The second-order valence-corrected chi connectivity index (χ2v) is 7.98. The Labute approximate surface area is 120 Å². The van der Waals surface area contributed by atoms with Gasteiger partial charge < -0.3 is 9.64 Å². The van der Waals surface area contributed by atoms with Crippen LogP contribution in [0.4, 0.5) is 4.79 Å². The predicted molar refractivity (Wildman–Crippen MR) is 77.1 cm³/mol. The molecule has 0 spiro atoms. The fourth-order valence-electron chi connectivity index (χ4n) is 1.97. The van der Waals surface area contributed by atoms with Gasteiger partial charge in [-0.15, -0.1) is 11.3 Å². The van der Waals surface area contributed by atoms with E-state index < -0.39 is 5.60 Å². The van der Waals surface area contributed by atoms with Crippen molar-refractivity contribution in [2.45, 2.75) is 46.3 Å². The largest absolute Gasteiger partial charge is 0.444 e. The molecule has 18 heavy (non-hydrogen) atoms. The summed E-state index contributed by atoms with van der Waals surface area (Å²) in [4.78, 5) is 15.2. The normalized spacial score (nSPS) is 15.5. The zero-order valence-corrected chi connectivity index (χ0v) is 13.6. The Kier molecular flexibility index (Phi) is 3.74. The van der Waals surface area contributed by atoms with Crippen molar-refractivity contribution in [3.8, 4) is 0 Å². The van der Waals surface area contributed by atoms with Crippen molar-refractivity contribution in [1.82, 2.24) is 4.90 Å². The molecular formula is C13H18BrNO2S. The molecule has 1 aliphatic rings. The first kappa shape index (κ1) is 13.9. The molecule has 0 bridgehead atoms. The van der Waals surface area contributed by atoms with Crippen LogP contribution in [0.1, 0.15) is 36.8 Å². The summed E-state index contributed by atoms with van der Waals surface area (Å²) in [5, 5.41) is 0. The van der Waals surface area contributed by atoms with E-state index in [-0.39, 0.29) is 6.09 Å². The molecule has 5 heteroatoms. The molecule has 1 amide bonds. The molecular weight excluding hydrogens is 314 g/mol. The van der Waals surface area contributed by atoms with Crippen LogP contribution in [-0.4, -0.2) is 23.1 Å². The molecule has 100 valence electrons. The Hall–Kier alpha value is -0.550. The van der Waals surface area contributed by atoms with E-state index in [0.29, 0.717) is 6.54 Å². The minimum Gasteiger partial charge on any atom is -0.444 e. The molecule has 3 nitrogen and oxygen atoms in total. The van der Waals surface area contributed by atoms with Gasteiger partial charge in [0, 0.05) is 11.4 Å². The lowest BCUT2D eigenvalue weighted by molar-refractivity contribution is 0.0225. The van der Waals surface area contributed by atoms with Crippen molar-refractivity contribution in [3.05, 3.63) is 19.8 Å². The molecule has 0 radical (unpaired) electrons. The summed E-state index contributed by atoms with van der Waals surface area (Å²) in [6.07, 6.45) is 0.709. The van der Waals surface area contributed by atoms with Gasteiger partial charge in [0.25, 0.3) is 0 Å². The van der Waals surface area contributed by atoms with E-state index in [2.05, 4.69) is 22.9 Å². The summed E-state index contributed by atoms with van der Waals surface area (Å²) in [6, 6.07) is 0. The van der Waals surface area contributed by atoms with Crippen LogP contribution in [0.5, 0.6) is 0 Å². The number of ether oxygens (including phenoxy) is 1. The molecule has 0 saturated carbocycles. The second-order valence-electron chi connectivity index (χ2n) is 5.55. The maximum atomic E-state index is 12.0. The summed E-state index contributed by atoms with van der Waals surface area (Å²) in [6.45, 7) is 9.19. The minimum absolute atomic E-state index is 0.213. The Morgan fingerprint density at radius 3 is 2.72 bits per heavy atom. The van der Waals surface area contributed by atoms with Crippen molar-refractivity contribution in [1.29, 1.82) is 0 Å². The lowest BCUT2D eigenvalue weighted by Crippen LogP contribution is -2.39. The smallest absolute Gasteiger partial charge is 0.410 e. The third-order valence-corrected chi connectivity index (χ3v) is 5.17. The first-order valence-electron chi connectivity index (χ1n) is 6.02. The van der Waals surface area contributed by atoms with Crippen LogP contribution < -0.4 is 0 Å². The van der Waals surface area contributed by atoms with E-state index in [0.717, 1.165) is 13.0 Å². The number of rotatable bonds is 0. The van der Waals surface area contributed by atoms with E-state index in [1.165, 1.54) is 19.8 Å². The number of thiophene rings is 1. The van der Waals surface area contributed by atoms with Crippen LogP contribution in [0.25, 0.3) is 0 Å². The van der Waals surface area contributed by atoms with Crippen LogP contribution in [0, 0.1) is 6.92 Å². The number of halogens is 1. The lowest BCUT2D eigenvalue weighted by atomic mass is 10.1. The Morgan fingerprint density at radius 1 is 1.44 bits per heavy atom. The summed E-state index contributed by atoms with van der Waals surface area (Å²) >= 11 is 5.35. The topological polar surface area (TPSA) is 29.5 Å². The highest BCUT2D eigenvalue weighted by molar-refractivity contribution is 9.11. The SMILES string of the molecule is Cc1c(Br)sc2c1CN(C(=O)OC(C)(C)C)CC2. The van der Waals surface area contributed by atoms with Crippen molar-refractivity contribution in [2.75, 3.05) is 6.54 Å². The van der Waals surface area contributed by atoms with E-state index in [9.17, 15) is 4.79 Å². The summed E-state index contributed by atoms with van der Waals surface area (Å²) in [5.74, 6) is 0. The highest BCUT2D eigenvalue weighted by Gasteiger charge is 2.28. The average molecular weight is 332 g/mol. The molecule has 0 aliphatic carbocycles. The van der Waals surface area contributed by atoms with Crippen LogP contribution in [0.2, 0.25) is 0 Å². The summed E-state index contributed by atoms with van der Waals surface area (Å²) < 4.78 is 6.60. The number of hydrogen-bond donors (Lipinski definition) is 0. The molecule has 0 N–H and O–H groups in total. The van der Waals surface area contributed by atoms with E-state index in [1.807, 2.05) is 20.8 Å². The molecule has 1 aliphatic heterocycles. The minimum atomic E-state index is -0.429. The first-order chi connectivity index (χ1) is 8.28. The van der Waals surface area contributed by atoms with Gasteiger partial charge in [0.1, 0.15) is 5.60 Å². The van der Waals surface area contributed by atoms with Crippen LogP contribution >= 0.6 is 27.3 Å². The number of hydrogen-bond acceptors (Lipinski definition) is 3. The first-order valence-corrected chi connectivity index (χ1v) is 7.63. The van der Waals surface area contributed by atoms with Gasteiger partial charge in [-0.25, -0.2) is 4.79 Å². The maximum Gasteiger partial charge on any atom is 0.410 e. The average Bonchev–Trinajstić information content (AvgIpc) is 2.52. The molecule has 0 unspecified atom stereocenters. The second kappa shape index (κ2) is 4.85. The molecule has 0 saturated heterocycles. The quantitative estimate of drug-likeness (QED) is 0.715. The molecule has 0 fully saturated rings. The number of fused-ring (bicyclic) bond motifs is 1. The van der Waals surface area contributed by atoms with Gasteiger partial charge >= 0.3 is 6.09 Å². The standard InChI is InChI=1S/C13H18BrNO2S/c1-8-9-7-15(12(16)17-13(2,3)4)6-5-10(9)18-11(8)14/h5-7H2,1-4H3. The van der Waals surface area contributed by atoms with Crippen LogP contribution in [-0.2, 0) is 17.7 Å². The zero-order valence-electron chi connectivity index (χ0n) is 11.2. The van der Waals surface area contributed by atoms with E-state index in [1.54, 1.807) is 16.2 Å². The molecule has 0 atom stereocenters. The molecule has 2 heterocycles. The fraction of sp³-hybridized carbons (Fsp3) is 0.615. The summed E-state index contributed by atoms with van der Waals surface area (Å²) in [5.41, 5.74) is 2.11. The Morgan fingerprint density at radius 2 is 2.11 bits per heavy atom. The molecule has 1 aromatic heterocycles. The number of carbonyl (C=O) groups is 1. The fourth-order valence-corrected chi connectivity index (χ4v) is 3.82. The lowest BCUT2D eigenvalue weighted by Gasteiger charge is -2.30. The van der Waals surface area contributed by atoms with E-state index >= 15 is 0 Å². The third-order valence-electron chi connectivity index (χ3n) is 2.91. The maximum absolute atomic E-state index is 12.0. The summed E-state index contributed by atoms with van der Waals surface area (Å²) in [7, 11) is 0. The Balaban J connectivity index is 2.12. The van der Waals surface area contributed by atoms with Crippen molar-refractivity contribution in [2.24, 2.45) is 0 Å². The van der Waals surface area contributed by atoms with Crippen molar-refractivity contribution < 1.29 is 9.53 Å². The van der Waals surface area contributed by atoms with Gasteiger partial charge in [-0.05, 0) is 61.2 Å². The van der Waals surface area contributed by atoms with Crippen LogP contribution in [0.15, 0.2) is 3.79 Å². The Bertz CT molecular complexity index is 476. The number of amides is 1. The highest BCUT2D eigenvalue weighted by Crippen LogP contribution is 2.36. The van der Waals surface area contributed by atoms with Crippen LogP contribution in [0.3, 0.4) is 0 Å². The van der Waals surface area contributed by atoms with Gasteiger partial charge in [-0.1, -0.05) is 0 Å². The molecule has 0 aromatic carbocycles. The van der Waals surface area contributed by atoms with Gasteiger partial charge in [0.05, 0.1) is 10.3 Å². The highest BCUT2D eigenvalue weighted by atomic mass is 79.9. The predicted octanol–water partition coefficient (Wildman–Crippen LogP) is 4.11. The zero-order chi connectivity index (χ0) is 13.5. The van der Waals surface area contributed by atoms with Crippen molar-refractivity contribution in [3.63, 3.8) is 0 Å².